The molecule has 2 N–H and O–H groups in total. The molecule has 1 aromatic carbocycles. The molecule has 2 rings (SSSR count). The SMILES string of the molecule is Cc1cc(Oc2nnccc2C#N)c(F)cc1N. The third-order valence-corrected chi connectivity index (χ3v) is 2.33. The van der Waals surface area contributed by atoms with Crippen LogP contribution in [-0.2, 0) is 0 Å². The molecule has 1 heterocycles. The van der Waals surface area contributed by atoms with Crippen LogP contribution in [0.4, 0.5) is 10.1 Å². The minimum Gasteiger partial charge on any atom is -0.433 e. The number of aromatic nitrogens is 2. The van der Waals surface area contributed by atoms with Gasteiger partial charge in [-0.05, 0) is 24.6 Å². The van der Waals surface area contributed by atoms with E-state index in [-0.39, 0.29) is 17.2 Å². The van der Waals surface area contributed by atoms with E-state index in [1.165, 1.54) is 18.3 Å². The highest BCUT2D eigenvalue weighted by atomic mass is 19.1. The van der Waals surface area contributed by atoms with Gasteiger partial charge >= 0.3 is 0 Å². The van der Waals surface area contributed by atoms with E-state index in [9.17, 15) is 4.39 Å². The summed E-state index contributed by atoms with van der Waals surface area (Å²) in [6, 6.07) is 5.93. The molecule has 0 aliphatic heterocycles. The van der Waals surface area contributed by atoms with Crippen LogP contribution in [-0.4, -0.2) is 10.2 Å². The third-order valence-electron chi connectivity index (χ3n) is 2.33. The van der Waals surface area contributed by atoms with Crippen molar-refractivity contribution in [1.82, 2.24) is 10.2 Å². The number of nitrogen functional groups attached to an aromatic ring is 1. The fraction of sp³-hybridized carbons (Fsp3) is 0.0833. The van der Waals surface area contributed by atoms with Crippen LogP contribution in [0.25, 0.3) is 0 Å². The molecule has 90 valence electrons. The van der Waals surface area contributed by atoms with Crippen LogP contribution in [0, 0.1) is 24.1 Å². The second-order valence-corrected chi connectivity index (χ2v) is 3.60. The van der Waals surface area contributed by atoms with E-state index in [1.54, 1.807) is 6.92 Å². The number of benzene rings is 1. The summed E-state index contributed by atoms with van der Waals surface area (Å²) >= 11 is 0. The molecule has 0 atom stereocenters. The standard InChI is InChI=1S/C12H9FN4O/c1-7-4-11(9(13)5-10(7)15)18-12-8(6-14)2-3-16-17-12/h2-5H,15H2,1H3. The van der Waals surface area contributed by atoms with Gasteiger partial charge in [-0.25, -0.2) is 4.39 Å². The van der Waals surface area contributed by atoms with Crippen molar-refractivity contribution in [2.75, 3.05) is 5.73 Å². The summed E-state index contributed by atoms with van der Waals surface area (Å²) in [7, 11) is 0. The number of halogens is 1. The Morgan fingerprint density at radius 3 is 2.94 bits per heavy atom. The second kappa shape index (κ2) is 4.67. The van der Waals surface area contributed by atoms with Crippen LogP contribution in [0.2, 0.25) is 0 Å². The maximum atomic E-state index is 13.6. The summed E-state index contributed by atoms with van der Waals surface area (Å²) < 4.78 is 18.9. The van der Waals surface area contributed by atoms with Gasteiger partial charge in [-0.15, -0.1) is 5.10 Å². The number of ether oxygens (including phenoxy) is 1. The highest BCUT2D eigenvalue weighted by Gasteiger charge is 2.11. The topological polar surface area (TPSA) is 84.8 Å². The fourth-order valence-corrected chi connectivity index (χ4v) is 1.33. The summed E-state index contributed by atoms with van der Waals surface area (Å²) in [5.41, 5.74) is 6.75. The Bertz CT molecular complexity index is 636. The van der Waals surface area contributed by atoms with E-state index in [2.05, 4.69) is 10.2 Å². The van der Waals surface area contributed by atoms with Gasteiger partial charge in [0.15, 0.2) is 11.6 Å². The van der Waals surface area contributed by atoms with Crippen LogP contribution in [0.15, 0.2) is 24.4 Å². The monoisotopic (exact) mass is 244 g/mol. The van der Waals surface area contributed by atoms with Crippen molar-refractivity contribution >= 4 is 5.69 Å². The van der Waals surface area contributed by atoms with Crippen molar-refractivity contribution in [3.05, 3.63) is 41.3 Å². The van der Waals surface area contributed by atoms with Crippen LogP contribution in [0.3, 0.4) is 0 Å². The molecule has 0 unspecified atom stereocenters. The molecule has 0 spiro atoms. The Hall–Kier alpha value is -2.68. The summed E-state index contributed by atoms with van der Waals surface area (Å²) in [4.78, 5) is 0. The maximum Gasteiger partial charge on any atom is 0.257 e. The maximum absolute atomic E-state index is 13.6. The lowest BCUT2D eigenvalue weighted by molar-refractivity contribution is 0.420. The number of nitrogens with two attached hydrogens (primary N) is 1. The van der Waals surface area contributed by atoms with E-state index in [0.717, 1.165) is 6.07 Å². The smallest absolute Gasteiger partial charge is 0.257 e. The summed E-state index contributed by atoms with van der Waals surface area (Å²) in [5, 5.41) is 16.1. The van der Waals surface area contributed by atoms with Crippen LogP contribution >= 0.6 is 0 Å². The van der Waals surface area contributed by atoms with Crippen molar-refractivity contribution in [2.24, 2.45) is 0 Å². The molecule has 18 heavy (non-hydrogen) atoms. The molecule has 0 saturated carbocycles. The minimum absolute atomic E-state index is 0.0388. The lowest BCUT2D eigenvalue weighted by Gasteiger charge is -2.08. The van der Waals surface area contributed by atoms with Gasteiger partial charge in [0, 0.05) is 11.8 Å². The molecule has 0 aliphatic rings. The van der Waals surface area contributed by atoms with Gasteiger partial charge in [-0.1, -0.05) is 0 Å². The van der Waals surface area contributed by atoms with Crippen LogP contribution in [0.5, 0.6) is 11.6 Å². The number of aryl methyl sites for hydroxylation is 1. The molecular formula is C12H9FN4O. The number of hydrogen-bond acceptors (Lipinski definition) is 5. The van der Waals surface area contributed by atoms with Crippen molar-refractivity contribution in [2.45, 2.75) is 6.92 Å². The highest BCUT2D eigenvalue weighted by Crippen LogP contribution is 2.28. The first-order chi connectivity index (χ1) is 8.61. The second-order valence-electron chi connectivity index (χ2n) is 3.60. The molecule has 0 bridgehead atoms. The van der Waals surface area contributed by atoms with E-state index >= 15 is 0 Å². The lowest BCUT2D eigenvalue weighted by Crippen LogP contribution is -1.98. The van der Waals surface area contributed by atoms with E-state index < -0.39 is 5.82 Å². The van der Waals surface area contributed by atoms with Crippen molar-refractivity contribution in [3.63, 3.8) is 0 Å². The summed E-state index contributed by atoms with van der Waals surface area (Å²) in [5.74, 6) is -0.700. The largest absolute Gasteiger partial charge is 0.433 e. The lowest BCUT2D eigenvalue weighted by atomic mass is 10.2. The van der Waals surface area contributed by atoms with Gasteiger partial charge in [-0.2, -0.15) is 10.4 Å². The first kappa shape index (κ1) is 11.8. The highest BCUT2D eigenvalue weighted by molar-refractivity contribution is 5.51. The zero-order valence-electron chi connectivity index (χ0n) is 9.51. The number of rotatable bonds is 2. The minimum atomic E-state index is -0.618. The molecule has 1 aromatic heterocycles. The molecular weight excluding hydrogens is 235 g/mol. The molecule has 0 saturated heterocycles. The molecule has 0 amide bonds. The van der Waals surface area contributed by atoms with Gasteiger partial charge < -0.3 is 10.5 Å². The molecule has 6 heteroatoms. The normalized spacial score (nSPS) is 9.83. The number of nitriles is 1. The van der Waals surface area contributed by atoms with Crippen molar-refractivity contribution in [3.8, 4) is 17.7 Å². The van der Waals surface area contributed by atoms with Gasteiger partial charge in [-0.3, -0.25) is 0 Å². The van der Waals surface area contributed by atoms with Gasteiger partial charge in [0.2, 0.25) is 0 Å². The zero-order valence-corrected chi connectivity index (χ0v) is 9.51. The number of hydrogen-bond donors (Lipinski definition) is 1. The van der Waals surface area contributed by atoms with Crippen LogP contribution < -0.4 is 10.5 Å². The Morgan fingerprint density at radius 2 is 2.22 bits per heavy atom. The summed E-state index contributed by atoms with van der Waals surface area (Å²) in [6.45, 7) is 1.73. The molecule has 0 fully saturated rings. The zero-order chi connectivity index (χ0) is 13.1. The first-order valence-electron chi connectivity index (χ1n) is 5.07. The first-order valence-corrected chi connectivity index (χ1v) is 5.07. The average molecular weight is 244 g/mol. The van der Waals surface area contributed by atoms with Crippen LogP contribution in [0.1, 0.15) is 11.1 Å². The third kappa shape index (κ3) is 2.20. The Labute approximate surface area is 103 Å². The van der Waals surface area contributed by atoms with Crippen molar-refractivity contribution in [1.29, 1.82) is 5.26 Å². The average Bonchev–Trinajstić information content (AvgIpc) is 2.36. The predicted molar refractivity (Wildman–Crippen MR) is 62.4 cm³/mol. The quantitative estimate of drug-likeness (QED) is 0.818. The Morgan fingerprint density at radius 1 is 1.44 bits per heavy atom. The van der Waals surface area contributed by atoms with E-state index in [0.29, 0.717) is 11.3 Å². The summed E-state index contributed by atoms with van der Waals surface area (Å²) in [6.07, 6.45) is 1.36. The number of nitrogens with zero attached hydrogens (tertiary/aromatic N) is 3. The van der Waals surface area contributed by atoms with E-state index in [4.69, 9.17) is 15.7 Å². The van der Waals surface area contributed by atoms with Gasteiger partial charge in [0.05, 0.1) is 6.20 Å². The van der Waals surface area contributed by atoms with Crippen molar-refractivity contribution < 1.29 is 9.13 Å². The molecule has 0 radical (unpaired) electrons. The molecule has 0 aliphatic carbocycles. The number of anilines is 1. The van der Waals surface area contributed by atoms with Gasteiger partial charge in [0.25, 0.3) is 5.88 Å². The fourth-order valence-electron chi connectivity index (χ4n) is 1.33. The molecule has 5 nitrogen and oxygen atoms in total. The molecule has 2 aromatic rings. The Kier molecular flexibility index (Phi) is 3.06. The van der Waals surface area contributed by atoms with Gasteiger partial charge in [0.1, 0.15) is 11.6 Å². The predicted octanol–water partition coefficient (Wildman–Crippen LogP) is 2.17. The van der Waals surface area contributed by atoms with E-state index in [1.807, 2.05) is 6.07 Å². The Balaban J connectivity index is 2.41.